The lowest BCUT2D eigenvalue weighted by molar-refractivity contribution is -0.127. The first-order valence-electron chi connectivity index (χ1n) is 13.4. The van der Waals surface area contributed by atoms with Crippen molar-refractivity contribution in [2.75, 3.05) is 19.1 Å². The summed E-state index contributed by atoms with van der Waals surface area (Å²) in [7, 11) is 3.08. The van der Waals surface area contributed by atoms with Crippen LogP contribution in [0.15, 0.2) is 60.0 Å². The Morgan fingerprint density at radius 1 is 1.10 bits per heavy atom. The highest BCUT2D eigenvalue weighted by Gasteiger charge is 2.36. The summed E-state index contributed by atoms with van der Waals surface area (Å²) in [5.41, 5.74) is 0.959. The summed E-state index contributed by atoms with van der Waals surface area (Å²) >= 11 is 7.68. The molecule has 12 heteroatoms. The number of methoxy groups -OCH3 is 2. The van der Waals surface area contributed by atoms with Crippen LogP contribution in [0, 0.1) is 0 Å². The molecule has 214 valence electrons. The number of hydrogen-bond acceptors (Lipinski definition) is 8. The van der Waals surface area contributed by atoms with Crippen LogP contribution in [-0.4, -0.2) is 52.3 Å². The number of rotatable bonds is 10. The van der Waals surface area contributed by atoms with Gasteiger partial charge >= 0.3 is 0 Å². The van der Waals surface area contributed by atoms with Crippen LogP contribution in [0.1, 0.15) is 43.7 Å². The Bertz CT molecular complexity index is 1470. The number of anilines is 1. The molecule has 1 aliphatic rings. The van der Waals surface area contributed by atoms with E-state index in [0.717, 1.165) is 37.0 Å². The van der Waals surface area contributed by atoms with Gasteiger partial charge in [0, 0.05) is 22.3 Å². The molecule has 2 aromatic heterocycles. The van der Waals surface area contributed by atoms with Gasteiger partial charge < -0.3 is 14.8 Å². The lowest BCUT2D eigenvalue weighted by Gasteiger charge is -2.34. The third-order valence-corrected chi connectivity index (χ3v) is 8.15. The van der Waals surface area contributed by atoms with E-state index in [0.29, 0.717) is 33.6 Å². The largest absolute Gasteiger partial charge is 0.497 e. The molecule has 1 fully saturated rings. The smallest absolute Gasteiger partial charge is 0.251 e. The van der Waals surface area contributed by atoms with Gasteiger partial charge in [-0.1, -0.05) is 36.9 Å². The predicted molar refractivity (Wildman–Crippen MR) is 157 cm³/mol. The Morgan fingerprint density at radius 3 is 2.56 bits per heavy atom. The van der Waals surface area contributed by atoms with Gasteiger partial charge in [-0.15, -0.1) is 21.5 Å². The van der Waals surface area contributed by atoms with Crippen LogP contribution in [-0.2, 0) is 16.1 Å². The summed E-state index contributed by atoms with van der Waals surface area (Å²) in [6.07, 6.45) is 5.01. The number of ether oxygens (including phenoxy) is 2. The molecular weight excluding hydrogens is 564 g/mol. The maximum atomic E-state index is 14.2. The lowest BCUT2D eigenvalue weighted by Crippen LogP contribution is -2.48. The molecule has 41 heavy (non-hydrogen) atoms. The van der Waals surface area contributed by atoms with Crippen LogP contribution in [0.25, 0.3) is 10.7 Å². The van der Waals surface area contributed by atoms with Crippen LogP contribution in [0.3, 0.4) is 0 Å². The zero-order valence-electron chi connectivity index (χ0n) is 22.8. The van der Waals surface area contributed by atoms with Gasteiger partial charge in [0.1, 0.15) is 24.1 Å². The van der Waals surface area contributed by atoms with Crippen molar-refractivity contribution in [3.8, 4) is 22.2 Å². The van der Waals surface area contributed by atoms with Crippen molar-refractivity contribution in [1.82, 2.24) is 25.5 Å². The number of nitrogens with zero attached hydrogens (tertiary/aromatic N) is 5. The lowest BCUT2D eigenvalue weighted by atomic mass is 9.94. The van der Waals surface area contributed by atoms with Crippen molar-refractivity contribution in [2.45, 2.75) is 50.7 Å². The molecule has 0 aliphatic heterocycles. The van der Waals surface area contributed by atoms with Crippen molar-refractivity contribution in [3.05, 3.63) is 70.6 Å². The standard InChI is InChI=1S/C29H31ClN6O4S/c1-39-22-14-15-24(40-2)23(17-22)27(29(38)31-20-7-4-3-5-8-20)36(21-12-10-19(30)11-13-21)26(37)18-35-33-28(32-34-35)25-9-6-16-41-25/h6,9-17,20,27H,3-5,7-8,18H2,1-2H3,(H,31,38). The highest BCUT2D eigenvalue weighted by atomic mass is 35.5. The fourth-order valence-corrected chi connectivity index (χ4v) is 5.80. The second kappa shape index (κ2) is 13.1. The van der Waals surface area contributed by atoms with Crippen LogP contribution in [0.5, 0.6) is 11.5 Å². The first-order valence-corrected chi connectivity index (χ1v) is 14.6. The molecule has 5 rings (SSSR count). The molecule has 0 spiro atoms. The zero-order chi connectivity index (χ0) is 28.8. The summed E-state index contributed by atoms with van der Waals surface area (Å²) in [6, 6.07) is 14.7. The fraction of sp³-hybridized carbons (Fsp3) is 0.345. The molecular formula is C29H31ClN6O4S. The Kier molecular flexibility index (Phi) is 9.15. The quantitative estimate of drug-likeness (QED) is 0.265. The normalized spacial score (nSPS) is 14.3. The average Bonchev–Trinajstić information content (AvgIpc) is 3.69. The molecule has 1 atom stereocenters. The Hall–Kier alpha value is -3.96. The van der Waals surface area contributed by atoms with Gasteiger partial charge in [-0.3, -0.25) is 14.5 Å². The minimum Gasteiger partial charge on any atom is -0.497 e. The number of carbonyl (C=O) groups is 2. The molecule has 10 nitrogen and oxygen atoms in total. The first kappa shape index (κ1) is 28.6. The molecule has 2 aromatic carbocycles. The maximum Gasteiger partial charge on any atom is 0.251 e. The minimum absolute atomic E-state index is 0.0165. The third kappa shape index (κ3) is 6.68. The minimum atomic E-state index is -1.09. The highest BCUT2D eigenvalue weighted by Crippen LogP contribution is 2.37. The molecule has 1 saturated carbocycles. The molecule has 1 unspecified atom stereocenters. The van der Waals surface area contributed by atoms with E-state index in [4.69, 9.17) is 21.1 Å². The molecule has 0 bridgehead atoms. The molecule has 0 radical (unpaired) electrons. The number of aromatic nitrogens is 4. The second-order valence-corrected chi connectivity index (χ2v) is 11.1. The topological polar surface area (TPSA) is 111 Å². The zero-order valence-corrected chi connectivity index (χ0v) is 24.4. The Labute approximate surface area is 247 Å². The molecule has 1 aliphatic carbocycles. The van der Waals surface area contributed by atoms with Gasteiger partial charge in [0.25, 0.3) is 5.91 Å². The van der Waals surface area contributed by atoms with Crippen LogP contribution < -0.4 is 19.7 Å². The van der Waals surface area contributed by atoms with Crippen molar-refractivity contribution < 1.29 is 19.1 Å². The molecule has 2 amide bonds. The van der Waals surface area contributed by atoms with E-state index in [9.17, 15) is 9.59 Å². The van der Waals surface area contributed by atoms with Crippen LogP contribution in [0.2, 0.25) is 5.02 Å². The van der Waals surface area contributed by atoms with Gasteiger partial charge in [0.15, 0.2) is 0 Å². The van der Waals surface area contributed by atoms with Crippen molar-refractivity contribution >= 4 is 40.4 Å². The van der Waals surface area contributed by atoms with Crippen LogP contribution in [0.4, 0.5) is 5.69 Å². The van der Waals surface area contributed by atoms with Gasteiger partial charge in [-0.25, -0.2) is 0 Å². The number of hydrogen-bond donors (Lipinski definition) is 1. The number of amides is 2. The molecule has 0 saturated heterocycles. The summed E-state index contributed by atoms with van der Waals surface area (Å²) < 4.78 is 11.2. The first-order chi connectivity index (χ1) is 20.0. The van der Waals surface area contributed by atoms with Crippen molar-refractivity contribution in [3.63, 3.8) is 0 Å². The molecule has 2 heterocycles. The third-order valence-electron chi connectivity index (χ3n) is 7.03. The summed E-state index contributed by atoms with van der Waals surface area (Å²) in [4.78, 5) is 31.9. The Morgan fingerprint density at radius 2 is 1.88 bits per heavy atom. The van der Waals surface area contributed by atoms with Gasteiger partial charge in [-0.05, 0) is 72.0 Å². The summed E-state index contributed by atoms with van der Waals surface area (Å²) in [5.74, 6) is 0.652. The number of nitrogens with one attached hydrogen (secondary N) is 1. The van der Waals surface area contributed by atoms with E-state index in [-0.39, 0.29) is 18.5 Å². The maximum absolute atomic E-state index is 14.2. The second-order valence-electron chi connectivity index (χ2n) is 9.71. The number of carbonyl (C=O) groups excluding carboxylic acids is 2. The average molecular weight is 595 g/mol. The van der Waals surface area contributed by atoms with Crippen LogP contribution >= 0.6 is 22.9 Å². The SMILES string of the molecule is COc1ccc(OC)c(C(C(=O)NC2CCCCC2)N(C(=O)Cn2nnc(-c3cccs3)n2)c2ccc(Cl)cc2)c1. The van der Waals surface area contributed by atoms with E-state index in [1.807, 2.05) is 17.5 Å². The number of thiophene rings is 1. The van der Waals surface area contributed by atoms with Gasteiger partial charge in [-0.2, -0.15) is 4.80 Å². The number of tetrazole rings is 1. The van der Waals surface area contributed by atoms with E-state index < -0.39 is 11.9 Å². The summed E-state index contributed by atoms with van der Waals surface area (Å²) in [6.45, 7) is -0.250. The predicted octanol–water partition coefficient (Wildman–Crippen LogP) is 5.30. The molecule has 4 aromatic rings. The monoisotopic (exact) mass is 594 g/mol. The number of benzene rings is 2. The molecule has 1 N–H and O–H groups in total. The summed E-state index contributed by atoms with van der Waals surface area (Å²) in [5, 5.41) is 18.2. The van der Waals surface area contributed by atoms with E-state index in [1.165, 1.54) is 28.1 Å². The van der Waals surface area contributed by atoms with E-state index >= 15 is 0 Å². The van der Waals surface area contributed by atoms with Crippen molar-refractivity contribution in [2.24, 2.45) is 0 Å². The van der Waals surface area contributed by atoms with E-state index in [2.05, 4.69) is 20.7 Å². The fourth-order valence-electron chi connectivity index (χ4n) is 5.03. The highest BCUT2D eigenvalue weighted by molar-refractivity contribution is 7.13. The van der Waals surface area contributed by atoms with E-state index in [1.54, 1.807) is 49.6 Å². The van der Waals surface area contributed by atoms with Gasteiger partial charge in [0.05, 0.1) is 19.1 Å². The Balaban J connectivity index is 1.57. The number of halogens is 1. The van der Waals surface area contributed by atoms with Crippen molar-refractivity contribution in [1.29, 1.82) is 0 Å². The van der Waals surface area contributed by atoms with Gasteiger partial charge in [0.2, 0.25) is 11.7 Å².